The lowest BCUT2D eigenvalue weighted by Gasteiger charge is -2.21. The largest absolute Gasteiger partial charge is 0.492 e. The van der Waals surface area contributed by atoms with Crippen LogP contribution in [0.5, 0.6) is 5.75 Å². The summed E-state index contributed by atoms with van der Waals surface area (Å²) in [7, 11) is 0. The van der Waals surface area contributed by atoms with Crippen LogP contribution >= 0.6 is 15.9 Å². The van der Waals surface area contributed by atoms with Gasteiger partial charge in [0, 0.05) is 18.2 Å². The molecule has 0 spiro atoms. The number of benzene rings is 1. The van der Waals surface area contributed by atoms with Crippen LogP contribution in [0.3, 0.4) is 0 Å². The summed E-state index contributed by atoms with van der Waals surface area (Å²) in [5.41, 5.74) is 1.24. The van der Waals surface area contributed by atoms with Crippen molar-refractivity contribution in [2.45, 2.75) is 32.2 Å². The number of halogens is 1. The van der Waals surface area contributed by atoms with Crippen LogP contribution in [0, 0.1) is 5.92 Å². The molecule has 1 aliphatic rings. The number of nitrogens with one attached hydrogen (secondary N) is 1. The van der Waals surface area contributed by atoms with Crippen molar-refractivity contribution in [3.63, 3.8) is 0 Å². The molecule has 1 aromatic rings. The van der Waals surface area contributed by atoms with Gasteiger partial charge in [0.15, 0.2) is 0 Å². The third-order valence-corrected chi connectivity index (χ3v) is 4.22. The number of rotatable bonds is 5. The molecule has 1 heterocycles. The Labute approximate surface area is 123 Å². The lowest BCUT2D eigenvalue weighted by atomic mass is 10.0. The Morgan fingerprint density at radius 2 is 2.37 bits per heavy atom. The first kappa shape index (κ1) is 14.8. The van der Waals surface area contributed by atoms with Gasteiger partial charge in [-0.25, -0.2) is 0 Å². The maximum absolute atomic E-state index is 8.96. The average molecular weight is 328 g/mol. The summed E-state index contributed by atoms with van der Waals surface area (Å²) in [5.74, 6) is 1.47. The number of para-hydroxylation sites is 1. The quantitative estimate of drug-likeness (QED) is 0.872. The third kappa shape index (κ3) is 3.94. The van der Waals surface area contributed by atoms with Crippen molar-refractivity contribution >= 4 is 15.9 Å². The van der Waals surface area contributed by atoms with E-state index in [2.05, 4.69) is 40.3 Å². The molecule has 2 unspecified atom stereocenters. The number of aliphatic hydroxyl groups is 1. The Bertz CT molecular complexity index is 411. The number of hydrogen-bond acceptors (Lipinski definition) is 3. The van der Waals surface area contributed by atoms with Gasteiger partial charge in [-0.2, -0.15) is 0 Å². The molecule has 1 aliphatic heterocycles. The molecule has 4 heteroatoms. The fourth-order valence-electron chi connectivity index (χ4n) is 2.45. The van der Waals surface area contributed by atoms with E-state index in [0.29, 0.717) is 12.0 Å². The highest BCUT2D eigenvalue weighted by atomic mass is 79.9. The highest BCUT2D eigenvalue weighted by Crippen LogP contribution is 2.37. The van der Waals surface area contributed by atoms with Gasteiger partial charge in [-0.1, -0.05) is 19.1 Å². The zero-order chi connectivity index (χ0) is 13.7. The second kappa shape index (κ2) is 7.27. The molecule has 19 heavy (non-hydrogen) atoms. The average Bonchev–Trinajstić information content (AvgIpc) is 2.60. The summed E-state index contributed by atoms with van der Waals surface area (Å²) in [4.78, 5) is 0. The van der Waals surface area contributed by atoms with E-state index in [4.69, 9.17) is 9.84 Å². The normalized spacial score (nSPS) is 20.3. The highest BCUT2D eigenvalue weighted by molar-refractivity contribution is 9.10. The lowest BCUT2D eigenvalue weighted by Crippen LogP contribution is -2.26. The van der Waals surface area contributed by atoms with Crippen molar-refractivity contribution < 1.29 is 9.84 Å². The molecule has 0 saturated heterocycles. The lowest BCUT2D eigenvalue weighted by molar-refractivity contribution is 0.257. The van der Waals surface area contributed by atoms with Gasteiger partial charge in [-0.3, -0.25) is 0 Å². The molecule has 0 amide bonds. The zero-order valence-corrected chi connectivity index (χ0v) is 12.9. The Morgan fingerprint density at radius 1 is 1.53 bits per heavy atom. The second-order valence-electron chi connectivity index (χ2n) is 5.23. The topological polar surface area (TPSA) is 41.5 Å². The highest BCUT2D eigenvalue weighted by Gasteiger charge is 2.21. The Kier molecular flexibility index (Phi) is 5.67. The van der Waals surface area contributed by atoms with Crippen LogP contribution in [0.25, 0.3) is 0 Å². The van der Waals surface area contributed by atoms with Crippen molar-refractivity contribution in [1.29, 1.82) is 0 Å². The van der Waals surface area contributed by atoms with Crippen molar-refractivity contribution in [2.75, 3.05) is 19.8 Å². The van der Waals surface area contributed by atoms with Gasteiger partial charge in [-0.05, 0) is 53.7 Å². The third-order valence-electron chi connectivity index (χ3n) is 3.59. The predicted octanol–water partition coefficient (Wildman–Crippen LogP) is 3.27. The first-order chi connectivity index (χ1) is 9.22. The first-order valence-electron chi connectivity index (χ1n) is 6.98. The van der Waals surface area contributed by atoms with E-state index < -0.39 is 0 Å². The summed E-state index contributed by atoms with van der Waals surface area (Å²) in [6.45, 7) is 4.13. The maximum Gasteiger partial charge on any atom is 0.138 e. The van der Waals surface area contributed by atoms with E-state index in [1.54, 1.807) is 0 Å². The van der Waals surface area contributed by atoms with Crippen molar-refractivity contribution in [2.24, 2.45) is 5.92 Å². The maximum atomic E-state index is 8.96. The summed E-state index contributed by atoms with van der Waals surface area (Å²) in [6, 6.07) is 6.56. The van der Waals surface area contributed by atoms with Crippen LogP contribution in [0.4, 0.5) is 0 Å². The van der Waals surface area contributed by atoms with Gasteiger partial charge in [0.25, 0.3) is 0 Å². The summed E-state index contributed by atoms with van der Waals surface area (Å²) in [6.07, 6.45) is 3.00. The van der Waals surface area contributed by atoms with Gasteiger partial charge in [0.05, 0.1) is 11.1 Å². The van der Waals surface area contributed by atoms with Crippen LogP contribution in [-0.2, 0) is 0 Å². The smallest absolute Gasteiger partial charge is 0.138 e. The van der Waals surface area contributed by atoms with E-state index >= 15 is 0 Å². The Balaban J connectivity index is 2.07. The minimum Gasteiger partial charge on any atom is -0.492 e. The van der Waals surface area contributed by atoms with Crippen LogP contribution in [-0.4, -0.2) is 24.9 Å². The summed E-state index contributed by atoms with van der Waals surface area (Å²) < 4.78 is 6.87. The van der Waals surface area contributed by atoms with Crippen LogP contribution in [0.1, 0.15) is 37.8 Å². The van der Waals surface area contributed by atoms with E-state index in [-0.39, 0.29) is 6.61 Å². The number of hydrogen-bond donors (Lipinski definition) is 2. The van der Waals surface area contributed by atoms with E-state index in [1.165, 1.54) is 5.56 Å². The first-order valence-corrected chi connectivity index (χ1v) is 7.77. The molecule has 106 valence electrons. The molecule has 3 nitrogen and oxygen atoms in total. The van der Waals surface area contributed by atoms with Crippen molar-refractivity contribution in [3.05, 3.63) is 28.2 Å². The second-order valence-corrected chi connectivity index (χ2v) is 6.08. The molecule has 0 saturated carbocycles. The van der Waals surface area contributed by atoms with E-state index in [9.17, 15) is 0 Å². The standard InChI is InChI=1S/C15H22BrNO2/c1-11(7-8-18)10-17-14-6-3-9-19-15-12(14)4-2-5-13(15)16/h2,4-5,11,14,17-18H,3,6-10H2,1H3. The minimum absolute atomic E-state index is 0.263. The van der Waals surface area contributed by atoms with Crippen LogP contribution in [0.2, 0.25) is 0 Å². The van der Waals surface area contributed by atoms with Gasteiger partial charge in [0.2, 0.25) is 0 Å². The molecule has 0 fully saturated rings. The van der Waals surface area contributed by atoms with Gasteiger partial charge >= 0.3 is 0 Å². The number of fused-ring (bicyclic) bond motifs is 1. The predicted molar refractivity (Wildman–Crippen MR) is 80.5 cm³/mol. The molecule has 1 aromatic carbocycles. The Hall–Kier alpha value is -0.580. The SMILES string of the molecule is CC(CCO)CNC1CCCOc2c(Br)cccc21. The fraction of sp³-hybridized carbons (Fsp3) is 0.600. The molecule has 2 N–H and O–H groups in total. The summed E-state index contributed by atoms with van der Waals surface area (Å²) >= 11 is 3.56. The number of ether oxygens (including phenoxy) is 1. The Morgan fingerprint density at radius 3 is 3.16 bits per heavy atom. The molecule has 0 radical (unpaired) electrons. The number of aliphatic hydroxyl groups excluding tert-OH is 1. The molecular weight excluding hydrogens is 306 g/mol. The molecule has 0 aliphatic carbocycles. The molecule has 2 rings (SSSR count). The molecule has 0 aromatic heterocycles. The molecular formula is C15H22BrNO2. The minimum atomic E-state index is 0.263. The van der Waals surface area contributed by atoms with E-state index in [0.717, 1.165) is 42.6 Å². The molecule has 0 bridgehead atoms. The van der Waals surface area contributed by atoms with Crippen LogP contribution in [0.15, 0.2) is 22.7 Å². The van der Waals surface area contributed by atoms with Gasteiger partial charge in [-0.15, -0.1) is 0 Å². The molecule has 2 atom stereocenters. The van der Waals surface area contributed by atoms with Crippen molar-refractivity contribution in [1.82, 2.24) is 5.32 Å². The van der Waals surface area contributed by atoms with Crippen LogP contribution < -0.4 is 10.1 Å². The summed E-state index contributed by atoms with van der Waals surface area (Å²) in [5, 5.41) is 12.6. The van der Waals surface area contributed by atoms with Gasteiger partial charge < -0.3 is 15.2 Å². The fourth-order valence-corrected chi connectivity index (χ4v) is 2.94. The monoisotopic (exact) mass is 327 g/mol. The zero-order valence-electron chi connectivity index (χ0n) is 11.4. The van der Waals surface area contributed by atoms with E-state index in [1.807, 2.05) is 6.07 Å². The van der Waals surface area contributed by atoms with Crippen molar-refractivity contribution in [3.8, 4) is 5.75 Å². The van der Waals surface area contributed by atoms with Gasteiger partial charge in [0.1, 0.15) is 5.75 Å².